The van der Waals surface area contributed by atoms with E-state index in [2.05, 4.69) is 5.10 Å². The van der Waals surface area contributed by atoms with E-state index in [1.54, 1.807) is 0 Å². The molecule has 0 saturated carbocycles. The Hall–Kier alpha value is -1.39. The van der Waals surface area contributed by atoms with Crippen LogP contribution in [0.1, 0.15) is 11.4 Å². The normalized spacial score (nSPS) is 10.1. The molecule has 0 radical (unpaired) electrons. The van der Waals surface area contributed by atoms with E-state index in [1.807, 2.05) is 0 Å². The summed E-state index contributed by atoms with van der Waals surface area (Å²) >= 11 is 0. The molecule has 0 unspecified atom stereocenters. The lowest BCUT2D eigenvalue weighted by Crippen LogP contribution is -2.23. The van der Waals surface area contributed by atoms with Gasteiger partial charge in [-0.15, -0.1) is 0 Å². The zero-order valence-corrected chi connectivity index (χ0v) is 6.35. The summed E-state index contributed by atoms with van der Waals surface area (Å²) in [7, 11) is 0. The Morgan fingerprint density at radius 1 is 1.64 bits per heavy atom. The highest BCUT2D eigenvalue weighted by Gasteiger charge is 2.11. The van der Waals surface area contributed by atoms with Gasteiger partial charge in [-0.1, -0.05) is 0 Å². The molecule has 0 amide bonds. The number of nitrogens with zero attached hydrogens (tertiary/aromatic N) is 2. The maximum Gasteiger partial charge on any atom is 0.213 e. The third-order valence-corrected chi connectivity index (χ3v) is 1.43. The number of hydrogen-bond donors (Lipinski definition) is 2. The first kappa shape index (κ1) is 7.71. The number of hydrogen-bond acceptors (Lipinski definition) is 2. The Balaban J connectivity index is 3.29. The van der Waals surface area contributed by atoms with Gasteiger partial charge in [0, 0.05) is 0 Å². The molecule has 0 aliphatic rings. The van der Waals surface area contributed by atoms with Crippen LogP contribution in [0.4, 0.5) is 4.39 Å². The van der Waals surface area contributed by atoms with Gasteiger partial charge in [0.25, 0.3) is 0 Å². The average Bonchev–Trinajstić information content (AvgIpc) is 2.17. The van der Waals surface area contributed by atoms with E-state index in [1.165, 1.54) is 13.8 Å². The van der Waals surface area contributed by atoms with Crippen molar-refractivity contribution >= 4 is 5.96 Å². The molecule has 3 N–H and O–H groups in total. The molecule has 1 heterocycles. The zero-order valence-electron chi connectivity index (χ0n) is 6.35. The fraction of sp³-hybridized carbons (Fsp3) is 0.333. The number of aryl methyl sites for hydroxylation is 1. The Morgan fingerprint density at radius 3 is 2.36 bits per heavy atom. The number of nitrogen functional groups attached to an aromatic ring is 1. The highest BCUT2D eigenvalue weighted by molar-refractivity contribution is 5.76. The number of aromatic nitrogens is 2. The van der Waals surface area contributed by atoms with Gasteiger partial charge in [0.2, 0.25) is 5.96 Å². The summed E-state index contributed by atoms with van der Waals surface area (Å²) in [5, 5.41) is 10.7. The van der Waals surface area contributed by atoms with Crippen LogP contribution in [0.5, 0.6) is 0 Å². The predicted octanol–water partition coefficient (Wildman–Crippen LogP) is 0.381. The summed E-state index contributed by atoms with van der Waals surface area (Å²) in [4.78, 5) is 0. The molecule has 1 rings (SSSR count). The molecule has 60 valence electrons. The zero-order chi connectivity index (χ0) is 8.59. The van der Waals surface area contributed by atoms with Crippen LogP contribution < -0.4 is 5.73 Å². The number of nitrogens with one attached hydrogen (secondary N) is 1. The van der Waals surface area contributed by atoms with Crippen molar-refractivity contribution < 1.29 is 4.39 Å². The van der Waals surface area contributed by atoms with E-state index >= 15 is 0 Å². The molecule has 1 aromatic rings. The molecule has 5 heteroatoms. The Labute approximate surface area is 63.3 Å². The minimum Gasteiger partial charge on any atom is -0.368 e. The highest BCUT2D eigenvalue weighted by Crippen LogP contribution is 2.08. The van der Waals surface area contributed by atoms with Crippen molar-refractivity contribution in [1.29, 1.82) is 5.41 Å². The lowest BCUT2D eigenvalue weighted by atomic mass is 10.4. The number of halogens is 1. The van der Waals surface area contributed by atoms with Crippen molar-refractivity contribution in [3.05, 3.63) is 17.2 Å². The largest absolute Gasteiger partial charge is 0.368 e. The summed E-state index contributed by atoms with van der Waals surface area (Å²) < 4.78 is 13.9. The van der Waals surface area contributed by atoms with Gasteiger partial charge in [0.1, 0.15) is 0 Å². The van der Waals surface area contributed by atoms with Crippen molar-refractivity contribution in [1.82, 2.24) is 9.78 Å². The summed E-state index contributed by atoms with van der Waals surface area (Å²) in [6.45, 7) is 3.05. The molecule has 0 fully saturated rings. The Bertz CT molecular complexity index is 302. The van der Waals surface area contributed by atoms with Crippen LogP contribution in [0.3, 0.4) is 0 Å². The minimum atomic E-state index is -0.403. The van der Waals surface area contributed by atoms with Gasteiger partial charge in [-0.2, -0.15) is 5.10 Å². The van der Waals surface area contributed by atoms with E-state index in [-0.39, 0.29) is 17.3 Å². The van der Waals surface area contributed by atoms with Crippen molar-refractivity contribution in [3.63, 3.8) is 0 Å². The molecular formula is C6H9FN4. The van der Waals surface area contributed by atoms with E-state index in [4.69, 9.17) is 11.1 Å². The maximum absolute atomic E-state index is 12.9. The second-order valence-corrected chi connectivity index (χ2v) is 2.28. The predicted molar refractivity (Wildman–Crippen MR) is 39.0 cm³/mol. The molecule has 0 spiro atoms. The number of rotatable bonds is 0. The fourth-order valence-electron chi connectivity index (χ4n) is 0.858. The molecular weight excluding hydrogens is 147 g/mol. The Kier molecular flexibility index (Phi) is 1.64. The smallest absolute Gasteiger partial charge is 0.213 e. The second-order valence-electron chi connectivity index (χ2n) is 2.28. The first-order chi connectivity index (χ1) is 5.04. The van der Waals surface area contributed by atoms with Crippen molar-refractivity contribution in [2.24, 2.45) is 5.73 Å². The van der Waals surface area contributed by atoms with Crippen LogP contribution in [-0.2, 0) is 0 Å². The van der Waals surface area contributed by atoms with E-state index in [9.17, 15) is 4.39 Å². The summed E-state index contributed by atoms with van der Waals surface area (Å²) in [6.07, 6.45) is 0. The average molecular weight is 156 g/mol. The first-order valence-corrected chi connectivity index (χ1v) is 3.10. The van der Waals surface area contributed by atoms with Crippen molar-refractivity contribution in [2.45, 2.75) is 13.8 Å². The van der Waals surface area contributed by atoms with Crippen molar-refractivity contribution in [3.8, 4) is 0 Å². The third kappa shape index (κ3) is 1.09. The Morgan fingerprint density at radius 2 is 2.18 bits per heavy atom. The van der Waals surface area contributed by atoms with Crippen LogP contribution in [0.15, 0.2) is 0 Å². The van der Waals surface area contributed by atoms with Gasteiger partial charge in [0.05, 0.1) is 11.4 Å². The first-order valence-electron chi connectivity index (χ1n) is 3.10. The quantitative estimate of drug-likeness (QED) is 0.421. The SMILES string of the molecule is Cc1nn(C(=N)N)c(C)c1F. The third-order valence-electron chi connectivity index (χ3n) is 1.43. The van der Waals surface area contributed by atoms with Gasteiger partial charge in [-0.05, 0) is 13.8 Å². The van der Waals surface area contributed by atoms with Gasteiger partial charge in [-0.3, -0.25) is 5.41 Å². The van der Waals surface area contributed by atoms with Gasteiger partial charge < -0.3 is 5.73 Å². The van der Waals surface area contributed by atoms with Gasteiger partial charge in [-0.25, -0.2) is 9.07 Å². The van der Waals surface area contributed by atoms with Crippen LogP contribution in [0, 0.1) is 25.1 Å². The van der Waals surface area contributed by atoms with Crippen LogP contribution in [-0.4, -0.2) is 15.7 Å². The van der Waals surface area contributed by atoms with Crippen LogP contribution in [0.2, 0.25) is 0 Å². The summed E-state index contributed by atoms with van der Waals surface area (Å²) in [5.74, 6) is -0.672. The lowest BCUT2D eigenvalue weighted by Gasteiger charge is -1.97. The monoisotopic (exact) mass is 156 g/mol. The molecule has 0 aromatic carbocycles. The molecule has 0 aliphatic heterocycles. The van der Waals surface area contributed by atoms with Gasteiger partial charge >= 0.3 is 0 Å². The molecule has 4 nitrogen and oxygen atoms in total. The van der Waals surface area contributed by atoms with E-state index < -0.39 is 5.82 Å². The minimum absolute atomic E-state index is 0.262. The highest BCUT2D eigenvalue weighted by atomic mass is 19.1. The molecule has 11 heavy (non-hydrogen) atoms. The topological polar surface area (TPSA) is 67.7 Å². The molecule has 0 saturated heterocycles. The molecule has 0 aliphatic carbocycles. The lowest BCUT2D eigenvalue weighted by molar-refractivity contribution is 0.609. The molecule has 0 bridgehead atoms. The van der Waals surface area contributed by atoms with Crippen LogP contribution in [0.25, 0.3) is 0 Å². The fourth-order valence-corrected chi connectivity index (χ4v) is 0.858. The summed E-state index contributed by atoms with van der Waals surface area (Å²) in [6, 6.07) is 0. The molecule has 1 aromatic heterocycles. The van der Waals surface area contributed by atoms with Gasteiger partial charge in [0.15, 0.2) is 5.82 Å². The van der Waals surface area contributed by atoms with Crippen molar-refractivity contribution in [2.75, 3.05) is 0 Å². The second kappa shape index (κ2) is 2.34. The van der Waals surface area contributed by atoms with Crippen LogP contribution >= 0.6 is 0 Å². The molecule has 0 atom stereocenters. The summed E-state index contributed by atoms with van der Waals surface area (Å²) in [5.41, 5.74) is 5.65. The van der Waals surface area contributed by atoms with E-state index in [0.717, 1.165) is 4.68 Å². The maximum atomic E-state index is 12.9. The number of nitrogens with two attached hydrogens (primary N) is 1. The van der Waals surface area contributed by atoms with E-state index in [0.29, 0.717) is 0 Å². The standard InChI is InChI=1S/C6H9FN4/c1-3-5(7)4(2)11(10-3)6(8)9/h1-2H3,(H3,8,9).